The molecule has 2 aromatic heterocycles. The van der Waals surface area contributed by atoms with Crippen molar-refractivity contribution in [3.05, 3.63) is 48.1 Å². The number of carbonyl (C=O) groups is 2. The summed E-state index contributed by atoms with van der Waals surface area (Å²) >= 11 is 0. The molecule has 6 aliphatic carbocycles. The van der Waals surface area contributed by atoms with Gasteiger partial charge < -0.3 is 71.3 Å². The fraction of sp³-hybridized carbons (Fsp3) is 0.818. The van der Waals surface area contributed by atoms with Gasteiger partial charge in [-0.1, -0.05) is 59.1 Å². The second kappa shape index (κ2) is 19.0. The third-order valence-corrected chi connectivity index (χ3v) is 22.8. The molecule has 18 nitrogen and oxygen atoms in total. The maximum Gasteiger partial charge on any atom is 0.310 e. The van der Waals surface area contributed by atoms with Gasteiger partial charge in [0.15, 0.2) is 6.29 Å². The molecule has 5 saturated carbocycles. The van der Waals surface area contributed by atoms with Crippen LogP contribution in [-0.4, -0.2) is 142 Å². The number of nitrogens with zero attached hydrogens (tertiary/aromatic N) is 2. The highest BCUT2D eigenvalue weighted by Crippen LogP contribution is 2.79. The Balaban J connectivity index is 1.15. The summed E-state index contributed by atoms with van der Waals surface area (Å²) in [6.45, 7) is 10.3. The fourth-order valence-electron chi connectivity index (χ4n) is 18.7. The van der Waals surface area contributed by atoms with Gasteiger partial charge in [-0.05, 0) is 141 Å². The van der Waals surface area contributed by atoms with Crippen molar-refractivity contribution in [1.82, 2.24) is 25.3 Å². The van der Waals surface area contributed by atoms with Crippen LogP contribution in [-0.2, 0) is 25.5 Å². The molecule has 13 N–H and O–H groups in total. The number of aliphatic hydroxyl groups excluding tert-OH is 7. The maximum atomic E-state index is 14.9. The minimum Gasteiger partial charge on any atom is -0.481 e. The van der Waals surface area contributed by atoms with Gasteiger partial charge >= 0.3 is 5.97 Å². The van der Waals surface area contributed by atoms with Crippen molar-refractivity contribution in [2.24, 2.45) is 79.1 Å². The number of imidazole rings is 2. The summed E-state index contributed by atoms with van der Waals surface area (Å²) in [5.41, 5.74) is 3.60. The zero-order valence-corrected chi connectivity index (χ0v) is 43.5. The average molecular weight is 1020 g/mol. The number of hydrogen-bond acceptors (Lipinski definition) is 14. The highest BCUT2D eigenvalue weighted by Gasteiger charge is 2.75. The third-order valence-electron chi connectivity index (χ3n) is 22.8. The van der Waals surface area contributed by atoms with Crippen LogP contribution in [0.25, 0.3) is 0 Å². The zero-order valence-electron chi connectivity index (χ0n) is 43.5. The predicted molar refractivity (Wildman–Crippen MR) is 265 cm³/mol. The number of carbonyl (C=O) groups excluding carboxylic acids is 1. The van der Waals surface area contributed by atoms with E-state index in [-0.39, 0.29) is 67.7 Å². The number of nitrogens with one attached hydrogen (secondary N) is 3. The lowest BCUT2D eigenvalue weighted by molar-refractivity contribution is -0.341. The Hall–Kier alpha value is -3.30. The lowest BCUT2D eigenvalue weighted by atomic mass is 9.30. The van der Waals surface area contributed by atoms with Gasteiger partial charge in [0.1, 0.15) is 24.5 Å². The lowest BCUT2D eigenvalue weighted by Gasteiger charge is -2.74. The van der Waals surface area contributed by atoms with E-state index in [1.807, 2.05) is 13.1 Å². The van der Waals surface area contributed by atoms with Gasteiger partial charge in [-0.2, -0.15) is 0 Å². The molecule has 0 radical (unpaired) electrons. The van der Waals surface area contributed by atoms with Crippen molar-refractivity contribution >= 4 is 11.9 Å². The normalized spacial score (nSPS) is 46.9. The molecule has 2 saturated heterocycles. The van der Waals surface area contributed by atoms with Crippen molar-refractivity contribution in [2.45, 2.75) is 186 Å². The van der Waals surface area contributed by atoms with Gasteiger partial charge in [-0.3, -0.25) is 9.59 Å². The Morgan fingerprint density at radius 1 is 0.890 bits per heavy atom. The molecule has 18 heteroatoms. The molecule has 73 heavy (non-hydrogen) atoms. The standard InChI is InChI=1S/C55H84N6O12/c1-49(25-62)16-17-55(48(70)71)20-29(18-30-22-57-27-59-30)53(5)32(35(55)21-49)9-10-39-51(53,3)15-12-38-50(2,26-63)45(73-46-44(68)43(67)37(64)24-72-46)42(66)34(52(38,39)4)19-33-41(61-47(69)54(33)13-6-7-14-54)31(8-11-40(56)65)36-23-58-28-60-36/h9,22-23,27-29,31,33-35,37-46,62-68H,6-8,10-21,24-26,56H2,1-5H3,(H,57,59)(H,58,60)(H,61,69)(H,70,71)/t29-,31-,33+,34-,35+,37-,38-,39+,40+,41+,42-,43+,44-,45-,46+,49+,50+,51-,52+,53-,55+/m1/s1. The minimum absolute atomic E-state index is 0.0246. The number of aliphatic hydroxyl groups is 7. The van der Waals surface area contributed by atoms with E-state index in [0.717, 1.165) is 29.8 Å². The van der Waals surface area contributed by atoms with Crippen LogP contribution in [0.4, 0.5) is 0 Å². The third kappa shape index (κ3) is 7.90. The Kier molecular flexibility index (Phi) is 13.8. The molecule has 0 unspecified atom stereocenters. The topological polar surface area (TPSA) is 310 Å². The quantitative estimate of drug-likeness (QED) is 0.0730. The second-order valence-electron chi connectivity index (χ2n) is 25.9. The van der Waals surface area contributed by atoms with E-state index < -0.39 is 98.9 Å². The summed E-state index contributed by atoms with van der Waals surface area (Å²) in [6.07, 6.45) is 8.32. The number of allylic oxidation sites excluding steroid dienone is 2. The number of aromatic nitrogens is 4. The second-order valence-corrected chi connectivity index (χ2v) is 25.9. The number of ether oxygens (including phenoxy) is 2. The van der Waals surface area contributed by atoms with Gasteiger partial charge in [0.2, 0.25) is 5.91 Å². The molecule has 21 atom stereocenters. The summed E-state index contributed by atoms with van der Waals surface area (Å²) in [5, 5.41) is 94.7. The van der Waals surface area contributed by atoms with E-state index in [1.165, 1.54) is 0 Å². The van der Waals surface area contributed by atoms with Crippen LogP contribution in [0.15, 0.2) is 36.7 Å². The van der Waals surface area contributed by atoms with Crippen LogP contribution in [0, 0.1) is 73.4 Å². The van der Waals surface area contributed by atoms with E-state index in [4.69, 9.17) is 15.2 Å². The number of carboxylic acid groups (broad SMARTS) is 1. The van der Waals surface area contributed by atoms with E-state index >= 15 is 0 Å². The molecular formula is C55H84N6O12. The Labute approximate surface area is 428 Å². The fourth-order valence-corrected chi connectivity index (χ4v) is 18.7. The van der Waals surface area contributed by atoms with Gasteiger partial charge in [-0.25, -0.2) is 9.97 Å². The molecule has 0 aromatic carbocycles. The van der Waals surface area contributed by atoms with Crippen LogP contribution < -0.4 is 11.1 Å². The number of carboxylic acids is 1. The van der Waals surface area contributed by atoms with Crippen LogP contribution in [0.2, 0.25) is 0 Å². The first-order chi connectivity index (χ1) is 34.6. The summed E-state index contributed by atoms with van der Waals surface area (Å²) in [4.78, 5) is 44.3. The number of hydrogen-bond donors (Lipinski definition) is 12. The molecule has 1 spiro atoms. The Morgan fingerprint density at radius 2 is 1.62 bits per heavy atom. The smallest absolute Gasteiger partial charge is 0.310 e. The Bertz CT molecular complexity index is 2350. The summed E-state index contributed by atoms with van der Waals surface area (Å²) in [5.74, 6) is -2.99. The SMILES string of the molecule is C[C@]1(CO)CC[C@]2(C(=O)O)C[C@@H](Cc3cnc[nH]3)[C@]3(C)C(=CC[C@@H]4[C@@]5(C)[C@H](C[C@H]6[C@H]([C@H](CC[C@@H](N)O)c7cnc[nH]7)NC(=O)C67CCCC7)[C@@H](O)[C@@H](O[C@@H]6OC[C@@H](O)[C@H](O)[C@H]6O)[C@@](C)(CO)[C@H]5CC[C@]43C)[C@@H]2C1. The van der Waals surface area contributed by atoms with Gasteiger partial charge in [0, 0.05) is 47.8 Å². The highest BCUT2D eigenvalue weighted by atomic mass is 16.7. The Morgan fingerprint density at radius 3 is 2.26 bits per heavy atom. The van der Waals surface area contributed by atoms with Crippen LogP contribution >= 0.6 is 0 Å². The number of fused-ring (bicyclic) bond motifs is 7. The molecule has 8 aliphatic rings. The molecule has 0 bridgehead atoms. The first kappa shape index (κ1) is 53.1. The van der Waals surface area contributed by atoms with Crippen molar-refractivity contribution in [2.75, 3.05) is 19.8 Å². The van der Waals surface area contributed by atoms with E-state index in [9.17, 15) is 50.4 Å². The van der Waals surface area contributed by atoms with Gasteiger partial charge in [0.25, 0.3) is 0 Å². The van der Waals surface area contributed by atoms with Gasteiger partial charge in [0.05, 0.1) is 48.9 Å². The minimum atomic E-state index is -1.65. The van der Waals surface area contributed by atoms with Gasteiger partial charge in [-0.15, -0.1) is 0 Å². The molecule has 1 amide bonds. The number of rotatable bonds is 14. The van der Waals surface area contributed by atoms with Crippen molar-refractivity contribution in [1.29, 1.82) is 0 Å². The largest absolute Gasteiger partial charge is 0.481 e. The number of aromatic amines is 2. The number of H-pyrrole nitrogens is 2. The predicted octanol–water partition coefficient (Wildman–Crippen LogP) is 3.66. The zero-order chi connectivity index (χ0) is 52.3. The summed E-state index contributed by atoms with van der Waals surface area (Å²) < 4.78 is 12.7. The molecule has 7 fully saturated rings. The number of aliphatic carboxylic acids is 1. The number of amides is 1. The monoisotopic (exact) mass is 1020 g/mol. The number of nitrogens with two attached hydrogens (primary N) is 1. The molecule has 2 aromatic rings. The summed E-state index contributed by atoms with van der Waals surface area (Å²) in [7, 11) is 0. The van der Waals surface area contributed by atoms with E-state index in [2.05, 4.69) is 59.0 Å². The molecule has 406 valence electrons. The molecule has 4 heterocycles. The van der Waals surface area contributed by atoms with E-state index in [1.54, 1.807) is 18.9 Å². The van der Waals surface area contributed by atoms with Crippen LogP contribution in [0.1, 0.15) is 142 Å². The van der Waals surface area contributed by atoms with E-state index in [0.29, 0.717) is 77.0 Å². The summed E-state index contributed by atoms with van der Waals surface area (Å²) in [6, 6.07) is -0.441. The molecule has 10 rings (SSSR count). The average Bonchev–Trinajstić information content (AvgIpc) is 4.21. The maximum absolute atomic E-state index is 14.9. The molecular weight excluding hydrogens is 937 g/mol. The van der Waals surface area contributed by atoms with Crippen LogP contribution in [0.3, 0.4) is 0 Å². The van der Waals surface area contributed by atoms with Crippen molar-refractivity contribution in [3.8, 4) is 0 Å². The first-order valence-corrected chi connectivity index (χ1v) is 27.4. The van der Waals surface area contributed by atoms with Crippen LogP contribution in [0.5, 0.6) is 0 Å². The highest BCUT2D eigenvalue weighted by molar-refractivity contribution is 5.86. The molecule has 2 aliphatic heterocycles. The lowest BCUT2D eigenvalue weighted by Crippen LogP contribution is -2.73. The van der Waals surface area contributed by atoms with Crippen molar-refractivity contribution < 1.29 is 59.9 Å². The van der Waals surface area contributed by atoms with Crippen molar-refractivity contribution in [3.63, 3.8) is 0 Å². The first-order valence-electron chi connectivity index (χ1n) is 27.4.